The minimum atomic E-state index is -0.472. The van der Waals surface area contributed by atoms with E-state index in [1.165, 1.54) is 12.1 Å². The number of carbonyl (C=O) groups is 1. The molecule has 5 nitrogen and oxygen atoms in total. The minimum absolute atomic E-state index is 0.0341. The van der Waals surface area contributed by atoms with E-state index in [0.29, 0.717) is 16.8 Å². The van der Waals surface area contributed by atoms with E-state index < -0.39 is 4.92 Å². The van der Waals surface area contributed by atoms with Crippen molar-refractivity contribution in [1.29, 1.82) is 0 Å². The fourth-order valence-electron chi connectivity index (χ4n) is 2.27. The number of hydrogen-bond acceptors (Lipinski definition) is 3. The lowest BCUT2D eigenvalue weighted by Crippen LogP contribution is -2.03. The number of allylic oxidation sites excluding steroid dienone is 2. The molecule has 0 saturated heterocycles. The Morgan fingerprint density at radius 2 is 1.86 bits per heavy atom. The first-order valence-corrected chi connectivity index (χ1v) is 6.69. The summed E-state index contributed by atoms with van der Waals surface area (Å²) in [5.41, 5.74) is 2.54. The van der Waals surface area contributed by atoms with Crippen molar-refractivity contribution < 1.29 is 9.72 Å². The summed E-state index contributed by atoms with van der Waals surface area (Å²) in [6.07, 6.45) is 5.30. The fraction of sp³-hybridized carbons (Fsp3) is 0. The SMILES string of the molecule is O=C1Nc2ccc([N+](=O)[O-])cc2/C1=C\C=C\c1ccccc1. The van der Waals surface area contributed by atoms with Gasteiger partial charge in [0.05, 0.1) is 4.92 Å². The van der Waals surface area contributed by atoms with Gasteiger partial charge in [-0.1, -0.05) is 42.5 Å². The molecule has 2 aromatic carbocycles. The first-order chi connectivity index (χ1) is 10.6. The number of nitro benzene ring substituents is 1. The van der Waals surface area contributed by atoms with Crippen molar-refractivity contribution in [2.45, 2.75) is 0 Å². The van der Waals surface area contributed by atoms with Gasteiger partial charge < -0.3 is 5.32 Å². The van der Waals surface area contributed by atoms with Crippen molar-refractivity contribution in [1.82, 2.24) is 0 Å². The summed E-state index contributed by atoms with van der Waals surface area (Å²) < 4.78 is 0. The fourth-order valence-corrected chi connectivity index (χ4v) is 2.27. The smallest absolute Gasteiger partial charge is 0.270 e. The van der Waals surface area contributed by atoms with Crippen LogP contribution in [0.3, 0.4) is 0 Å². The zero-order valence-electron chi connectivity index (χ0n) is 11.5. The average Bonchev–Trinajstić information content (AvgIpc) is 2.83. The Kier molecular flexibility index (Phi) is 3.53. The molecule has 1 aliphatic rings. The second-order valence-corrected chi connectivity index (χ2v) is 4.79. The Morgan fingerprint density at radius 3 is 2.59 bits per heavy atom. The van der Waals surface area contributed by atoms with Gasteiger partial charge in [-0.05, 0) is 17.7 Å². The molecule has 1 amide bonds. The van der Waals surface area contributed by atoms with Gasteiger partial charge in [0.15, 0.2) is 0 Å². The predicted octanol–water partition coefficient (Wildman–Crippen LogP) is 3.64. The molecule has 0 saturated carbocycles. The van der Waals surface area contributed by atoms with Gasteiger partial charge in [-0.2, -0.15) is 0 Å². The topological polar surface area (TPSA) is 72.2 Å². The van der Waals surface area contributed by atoms with Gasteiger partial charge in [0, 0.05) is 29.0 Å². The van der Waals surface area contributed by atoms with Gasteiger partial charge in [-0.15, -0.1) is 0 Å². The number of fused-ring (bicyclic) bond motifs is 1. The summed E-state index contributed by atoms with van der Waals surface area (Å²) in [7, 11) is 0. The number of nitrogens with zero attached hydrogens (tertiary/aromatic N) is 1. The first kappa shape index (κ1) is 13.8. The van der Waals surface area contributed by atoms with E-state index in [4.69, 9.17) is 0 Å². The first-order valence-electron chi connectivity index (χ1n) is 6.69. The molecule has 0 atom stereocenters. The van der Waals surface area contributed by atoms with Gasteiger partial charge in [0.25, 0.3) is 11.6 Å². The number of anilines is 1. The van der Waals surface area contributed by atoms with Crippen molar-refractivity contribution in [3.8, 4) is 0 Å². The zero-order chi connectivity index (χ0) is 15.5. The molecule has 1 N–H and O–H groups in total. The predicted molar refractivity (Wildman–Crippen MR) is 85.2 cm³/mol. The molecule has 1 heterocycles. The highest BCUT2D eigenvalue weighted by atomic mass is 16.6. The van der Waals surface area contributed by atoms with Crippen molar-refractivity contribution in [3.63, 3.8) is 0 Å². The maximum Gasteiger partial charge on any atom is 0.270 e. The number of hydrogen-bond donors (Lipinski definition) is 1. The molecular weight excluding hydrogens is 280 g/mol. The van der Waals surface area contributed by atoms with E-state index in [1.807, 2.05) is 36.4 Å². The summed E-state index contributed by atoms with van der Waals surface area (Å²) in [6, 6.07) is 14.0. The summed E-state index contributed by atoms with van der Waals surface area (Å²) >= 11 is 0. The number of amides is 1. The molecular formula is C17H12N2O3. The van der Waals surface area contributed by atoms with Crippen LogP contribution in [-0.2, 0) is 4.79 Å². The molecule has 0 aromatic heterocycles. The Balaban J connectivity index is 1.94. The number of non-ortho nitro benzene ring substituents is 1. The minimum Gasteiger partial charge on any atom is -0.321 e. The normalized spacial score (nSPS) is 15.1. The monoisotopic (exact) mass is 292 g/mol. The zero-order valence-corrected chi connectivity index (χ0v) is 11.5. The van der Waals surface area contributed by atoms with Crippen LogP contribution < -0.4 is 5.32 Å². The quantitative estimate of drug-likeness (QED) is 0.533. The van der Waals surface area contributed by atoms with E-state index in [9.17, 15) is 14.9 Å². The third kappa shape index (κ3) is 2.64. The van der Waals surface area contributed by atoms with Crippen molar-refractivity contribution in [3.05, 3.63) is 81.9 Å². The van der Waals surface area contributed by atoms with Crippen LogP contribution in [0.2, 0.25) is 0 Å². The molecule has 0 bridgehead atoms. The second kappa shape index (κ2) is 5.65. The maximum absolute atomic E-state index is 12.0. The Bertz CT molecular complexity index is 808. The lowest BCUT2D eigenvalue weighted by molar-refractivity contribution is -0.384. The molecule has 2 aromatic rings. The molecule has 22 heavy (non-hydrogen) atoms. The maximum atomic E-state index is 12.0. The lowest BCUT2D eigenvalue weighted by Gasteiger charge is -1.97. The lowest BCUT2D eigenvalue weighted by atomic mass is 10.1. The standard InChI is InChI=1S/C17H12N2O3/c20-17-14(8-4-7-12-5-2-1-3-6-12)15-11-13(19(21)22)9-10-16(15)18-17/h1-11H,(H,18,20)/b7-4+,14-8+. The van der Waals surface area contributed by atoms with Crippen LogP contribution in [0, 0.1) is 10.1 Å². The molecule has 3 rings (SSSR count). The van der Waals surface area contributed by atoms with E-state index in [1.54, 1.807) is 18.2 Å². The van der Waals surface area contributed by atoms with E-state index in [-0.39, 0.29) is 11.6 Å². The molecule has 5 heteroatoms. The number of rotatable bonds is 3. The summed E-state index contributed by atoms with van der Waals surface area (Å²) in [5.74, 6) is -0.256. The van der Waals surface area contributed by atoms with Crippen molar-refractivity contribution in [2.75, 3.05) is 5.32 Å². The highest BCUT2D eigenvalue weighted by molar-refractivity contribution is 6.31. The number of carbonyl (C=O) groups excluding carboxylic acids is 1. The summed E-state index contributed by atoms with van der Waals surface area (Å²) in [6.45, 7) is 0. The molecule has 1 aliphatic heterocycles. The molecule has 0 radical (unpaired) electrons. The van der Waals surface area contributed by atoms with Crippen LogP contribution in [0.25, 0.3) is 11.6 Å². The van der Waals surface area contributed by atoms with Crippen LogP contribution in [-0.4, -0.2) is 10.8 Å². The second-order valence-electron chi connectivity index (χ2n) is 4.79. The Hall–Kier alpha value is -3.21. The highest BCUT2D eigenvalue weighted by Crippen LogP contribution is 2.34. The number of benzene rings is 2. The van der Waals surface area contributed by atoms with E-state index >= 15 is 0 Å². The number of nitrogens with one attached hydrogen (secondary N) is 1. The van der Waals surface area contributed by atoms with Gasteiger partial charge in [-0.25, -0.2) is 0 Å². The third-order valence-corrected chi connectivity index (χ3v) is 3.35. The van der Waals surface area contributed by atoms with Gasteiger partial charge in [0.1, 0.15) is 0 Å². The van der Waals surface area contributed by atoms with Crippen molar-refractivity contribution >= 4 is 28.9 Å². The third-order valence-electron chi connectivity index (χ3n) is 3.35. The molecule has 0 spiro atoms. The van der Waals surface area contributed by atoms with Crippen LogP contribution in [0.1, 0.15) is 11.1 Å². The molecule has 108 valence electrons. The van der Waals surface area contributed by atoms with Crippen LogP contribution in [0.5, 0.6) is 0 Å². The average molecular weight is 292 g/mol. The summed E-state index contributed by atoms with van der Waals surface area (Å²) in [5, 5.41) is 13.6. The van der Waals surface area contributed by atoms with Gasteiger partial charge >= 0.3 is 0 Å². The summed E-state index contributed by atoms with van der Waals surface area (Å²) in [4.78, 5) is 22.4. The highest BCUT2D eigenvalue weighted by Gasteiger charge is 2.25. The van der Waals surface area contributed by atoms with Gasteiger partial charge in [0.2, 0.25) is 0 Å². The Labute approximate surface area is 126 Å². The molecule has 0 fully saturated rings. The van der Waals surface area contributed by atoms with Crippen molar-refractivity contribution in [2.24, 2.45) is 0 Å². The number of nitro groups is 1. The molecule has 0 unspecified atom stereocenters. The van der Waals surface area contributed by atoms with E-state index in [0.717, 1.165) is 5.56 Å². The molecule has 0 aliphatic carbocycles. The van der Waals surface area contributed by atoms with Crippen LogP contribution in [0.15, 0.2) is 60.7 Å². The van der Waals surface area contributed by atoms with Gasteiger partial charge in [-0.3, -0.25) is 14.9 Å². The largest absolute Gasteiger partial charge is 0.321 e. The van der Waals surface area contributed by atoms with Crippen LogP contribution in [0.4, 0.5) is 11.4 Å². The van der Waals surface area contributed by atoms with E-state index in [2.05, 4.69) is 5.32 Å². The Morgan fingerprint density at radius 1 is 1.09 bits per heavy atom. The van der Waals surface area contributed by atoms with Crippen LogP contribution >= 0.6 is 0 Å².